The lowest BCUT2D eigenvalue weighted by molar-refractivity contribution is -0.147. The van der Waals surface area contributed by atoms with Gasteiger partial charge in [-0.15, -0.1) is 0 Å². The number of hydrogen-bond acceptors (Lipinski definition) is 6. The summed E-state index contributed by atoms with van der Waals surface area (Å²) in [6, 6.07) is 2.66. The van der Waals surface area contributed by atoms with E-state index in [0.717, 1.165) is 18.2 Å². The zero-order valence-electron chi connectivity index (χ0n) is 15.9. The van der Waals surface area contributed by atoms with Crippen molar-refractivity contribution < 1.29 is 32.2 Å². The molecule has 0 saturated heterocycles. The lowest BCUT2D eigenvalue weighted by atomic mass is 10.2. The lowest BCUT2D eigenvalue weighted by Gasteiger charge is -2.13. The Labute approximate surface area is 166 Å². The Morgan fingerprint density at radius 3 is 2.25 bits per heavy atom. The molecule has 1 aromatic rings. The molecule has 0 radical (unpaired) electrons. The van der Waals surface area contributed by atoms with Crippen LogP contribution in [0.25, 0.3) is 0 Å². The molecule has 1 N–H and O–H groups in total. The number of carbonyl (C=O) groups excluding carboxylic acids is 2. The van der Waals surface area contributed by atoms with E-state index in [-0.39, 0.29) is 35.4 Å². The predicted octanol–water partition coefficient (Wildman–Crippen LogP) is 4.81. The molecule has 0 aromatic heterocycles. The standard InChI is InChI=1S/C18H22ClF3N2O4/c1-10(2)27-16(25)8-7-14(17(26)28-11(3)4)23-24-15-9-12(18(20,21)22)5-6-13(15)19/h5-6,9-11,24H,7-8H2,1-4H3/b23-14+. The number of esters is 2. The third kappa shape index (κ3) is 8.16. The summed E-state index contributed by atoms with van der Waals surface area (Å²) in [7, 11) is 0. The molecule has 1 aromatic carbocycles. The maximum atomic E-state index is 12.9. The van der Waals surface area contributed by atoms with Gasteiger partial charge in [-0.1, -0.05) is 11.6 Å². The van der Waals surface area contributed by atoms with Gasteiger partial charge in [0.2, 0.25) is 0 Å². The second-order valence-electron chi connectivity index (χ2n) is 6.36. The highest BCUT2D eigenvalue weighted by atomic mass is 35.5. The van der Waals surface area contributed by atoms with Gasteiger partial charge in [0.1, 0.15) is 5.71 Å². The number of anilines is 1. The van der Waals surface area contributed by atoms with Crippen LogP contribution in [0.5, 0.6) is 0 Å². The number of halogens is 4. The van der Waals surface area contributed by atoms with Crippen LogP contribution in [0, 0.1) is 0 Å². The molecule has 0 heterocycles. The number of hydrazone groups is 1. The molecule has 0 spiro atoms. The Kier molecular flexibility index (Phi) is 8.74. The topological polar surface area (TPSA) is 77.0 Å². The molecule has 156 valence electrons. The number of rotatable bonds is 8. The van der Waals surface area contributed by atoms with Gasteiger partial charge in [0.05, 0.1) is 34.9 Å². The maximum absolute atomic E-state index is 12.9. The molecular formula is C18H22ClF3N2O4. The van der Waals surface area contributed by atoms with Crippen molar-refractivity contribution in [2.45, 2.75) is 58.9 Å². The first-order valence-electron chi connectivity index (χ1n) is 8.50. The van der Waals surface area contributed by atoms with Crippen LogP contribution in [-0.2, 0) is 25.2 Å². The monoisotopic (exact) mass is 422 g/mol. The number of nitrogens with one attached hydrogen (secondary N) is 1. The highest BCUT2D eigenvalue weighted by molar-refractivity contribution is 6.37. The number of nitrogens with zero attached hydrogens (tertiary/aromatic N) is 1. The number of benzene rings is 1. The largest absolute Gasteiger partial charge is 0.463 e. The summed E-state index contributed by atoms with van der Waals surface area (Å²) in [5.74, 6) is -1.35. The van der Waals surface area contributed by atoms with Crippen molar-refractivity contribution in [3.05, 3.63) is 28.8 Å². The first kappa shape index (κ1) is 23.7. The second-order valence-corrected chi connectivity index (χ2v) is 6.76. The van der Waals surface area contributed by atoms with Crippen LogP contribution in [0.1, 0.15) is 46.1 Å². The van der Waals surface area contributed by atoms with Gasteiger partial charge in [0.25, 0.3) is 0 Å². The van der Waals surface area contributed by atoms with Gasteiger partial charge in [0, 0.05) is 6.42 Å². The highest BCUT2D eigenvalue weighted by Gasteiger charge is 2.31. The van der Waals surface area contributed by atoms with E-state index in [1.165, 1.54) is 0 Å². The van der Waals surface area contributed by atoms with E-state index in [9.17, 15) is 22.8 Å². The van der Waals surface area contributed by atoms with E-state index in [4.69, 9.17) is 21.1 Å². The van der Waals surface area contributed by atoms with Gasteiger partial charge in [0.15, 0.2) is 0 Å². The van der Waals surface area contributed by atoms with Crippen molar-refractivity contribution in [1.29, 1.82) is 0 Å². The molecule has 0 fully saturated rings. The number of hydrogen-bond donors (Lipinski definition) is 1. The normalized spacial score (nSPS) is 12.3. The first-order chi connectivity index (χ1) is 12.9. The van der Waals surface area contributed by atoms with Crippen molar-refractivity contribution in [1.82, 2.24) is 0 Å². The minimum Gasteiger partial charge on any atom is -0.463 e. The fourth-order valence-electron chi connectivity index (χ4n) is 1.94. The van der Waals surface area contributed by atoms with Crippen LogP contribution in [-0.4, -0.2) is 29.9 Å². The molecule has 0 aliphatic carbocycles. The van der Waals surface area contributed by atoms with Crippen LogP contribution >= 0.6 is 11.6 Å². The zero-order chi connectivity index (χ0) is 21.5. The highest BCUT2D eigenvalue weighted by Crippen LogP contribution is 2.33. The van der Waals surface area contributed by atoms with E-state index in [1.807, 2.05) is 0 Å². The van der Waals surface area contributed by atoms with Gasteiger partial charge in [-0.2, -0.15) is 18.3 Å². The fourth-order valence-corrected chi connectivity index (χ4v) is 2.10. The van der Waals surface area contributed by atoms with E-state index < -0.39 is 29.8 Å². The summed E-state index contributed by atoms with van der Waals surface area (Å²) in [5.41, 5.74) is 1.10. The summed E-state index contributed by atoms with van der Waals surface area (Å²) >= 11 is 5.89. The second kappa shape index (κ2) is 10.3. The minimum absolute atomic E-state index is 0.0208. The predicted molar refractivity (Wildman–Crippen MR) is 99.2 cm³/mol. The maximum Gasteiger partial charge on any atom is 0.416 e. The van der Waals surface area contributed by atoms with Crippen LogP contribution in [0.4, 0.5) is 18.9 Å². The first-order valence-corrected chi connectivity index (χ1v) is 8.87. The molecule has 1 rings (SSSR count). The number of ether oxygens (including phenoxy) is 2. The van der Waals surface area contributed by atoms with Crippen molar-refractivity contribution in [2.75, 3.05) is 5.43 Å². The molecule has 0 amide bonds. The molecule has 0 unspecified atom stereocenters. The lowest BCUT2D eigenvalue weighted by Crippen LogP contribution is -2.24. The Balaban J connectivity index is 3.02. The summed E-state index contributed by atoms with van der Waals surface area (Å²) in [6.45, 7) is 6.60. The third-order valence-electron chi connectivity index (χ3n) is 3.12. The molecule has 28 heavy (non-hydrogen) atoms. The van der Waals surface area contributed by atoms with Gasteiger partial charge in [-0.3, -0.25) is 10.2 Å². The van der Waals surface area contributed by atoms with Crippen molar-refractivity contribution in [3.63, 3.8) is 0 Å². The van der Waals surface area contributed by atoms with E-state index >= 15 is 0 Å². The fraction of sp³-hybridized carbons (Fsp3) is 0.500. The van der Waals surface area contributed by atoms with Crippen LogP contribution < -0.4 is 5.43 Å². The summed E-state index contributed by atoms with van der Waals surface area (Å²) in [6.07, 6.45) is -5.61. The van der Waals surface area contributed by atoms with Gasteiger partial charge >= 0.3 is 18.1 Å². The van der Waals surface area contributed by atoms with Crippen LogP contribution in [0.2, 0.25) is 5.02 Å². The molecule has 10 heteroatoms. The van der Waals surface area contributed by atoms with Gasteiger partial charge < -0.3 is 9.47 Å². The quantitative estimate of drug-likeness (QED) is 0.369. The van der Waals surface area contributed by atoms with E-state index in [1.54, 1.807) is 27.7 Å². The number of carbonyl (C=O) groups is 2. The van der Waals surface area contributed by atoms with Crippen LogP contribution in [0.15, 0.2) is 23.3 Å². The molecule has 0 atom stereocenters. The average Bonchev–Trinajstić information content (AvgIpc) is 2.53. The van der Waals surface area contributed by atoms with E-state index in [2.05, 4.69) is 10.5 Å². The number of alkyl halides is 3. The Bertz CT molecular complexity index is 734. The van der Waals surface area contributed by atoms with E-state index in [0.29, 0.717) is 0 Å². The average molecular weight is 423 g/mol. The smallest absolute Gasteiger partial charge is 0.416 e. The van der Waals surface area contributed by atoms with Gasteiger partial charge in [-0.05, 0) is 45.9 Å². The van der Waals surface area contributed by atoms with Crippen molar-refractivity contribution >= 4 is 34.9 Å². The summed E-state index contributed by atoms with van der Waals surface area (Å²) < 4.78 is 48.6. The van der Waals surface area contributed by atoms with Crippen molar-refractivity contribution in [3.8, 4) is 0 Å². The molecule has 0 bridgehead atoms. The van der Waals surface area contributed by atoms with Crippen molar-refractivity contribution in [2.24, 2.45) is 5.10 Å². The van der Waals surface area contributed by atoms with Crippen LogP contribution in [0.3, 0.4) is 0 Å². The summed E-state index contributed by atoms with van der Waals surface area (Å²) in [4.78, 5) is 23.9. The zero-order valence-corrected chi connectivity index (χ0v) is 16.6. The minimum atomic E-state index is -4.56. The molecule has 0 saturated carbocycles. The Morgan fingerprint density at radius 1 is 1.11 bits per heavy atom. The molecule has 0 aliphatic rings. The Morgan fingerprint density at radius 2 is 1.71 bits per heavy atom. The SMILES string of the molecule is CC(C)OC(=O)CC/C(=N\Nc1cc(C(F)(F)F)ccc1Cl)C(=O)OC(C)C. The summed E-state index contributed by atoms with van der Waals surface area (Å²) in [5, 5.41) is 3.79. The van der Waals surface area contributed by atoms with Gasteiger partial charge in [-0.25, -0.2) is 4.79 Å². The molecule has 6 nitrogen and oxygen atoms in total. The molecular weight excluding hydrogens is 401 g/mol. The Hall–Kier alpha value is -2.29. The third-order valence-corrected chi connectivity index (χ3v) is 3.45. The molecule has 0 aliphatic heterocycles.